The van der Waals surface area contributed by atoms with Gasteiger partial charge in [0.05, 0.1) is 5.52 Å². The lowest BCUT2D eigenvalue weighted by Gasteiger charge is -2.48. The van der Waals surface area contributed by atoms with Gasteiger partial charge < -0.3 is 9.80 Å². The first kappa shape index (κ1) is 13.8. The molecule has 0 saturated carbocycles. The van der Waals surface area contributed by atoms with E-state index in [4.69, 9.17) is 0 Å². The first-order chi connectivity index (χ1) is 10.7. The molecule has 2 fully saturated rings. The molecule has 2 saturated heterocycles. The van der Waals surface area contributed by atoms with Crippen molar-refractivity contribution in [1.29, 1.82) is 0 Å². The maximum atomic E-state index is 13.3. The van der Waals surface area contributed by atoms with Crippen LogP contribution in [-0.2, 0) is 0 Å². The monoisotopic (exact) mass is 301 g/mol. The molecule has 0 atom stereocenters. The largest absolute Gasteiger partial charge is 0.353 e. The zero-order valence-corrected chi connectivity index (χ0v) is 12.7. The SMILES string of the molecule is CN1CCN(C2CN(c3ncnc4cc(F)ccc34)C2)CC1. The Hall–Kier alpha value is -1.79. The van der Waals surface area contributed by atoms with E-state index >= 15 is 0 Å². The molecule has 0 unspecified atom stereocenters. The molecule has 22 heavy (non-hydrogen) atoms. The van der Waals surface area contributed by atoms with E-state index in [-0.39, 0.29) is 5.82 Å². The zero-order chi connectivity index (χ0) is 15.1. The number of halogens is 1. The summed E-state index contributed by atoms with van der Waals surface area (Å²) in [5, 5.41) is 0.931. The molecule has 6 heteroatoms. The fourth-order valence-corrected chi connectivity index (χ4v) is 3.31. The number of nitrogens with zero attached hydrogens (tertiary/aromatic N) is 5. The highest BCUT2D eigenvalue weighted by Crippen LogP contribution is 2.28. The van der Waals surface area contributed by atoms with Crippen molar-refractivity contribution < 1.29 is 4.39 Å². The second kappa shape index (κ2) is 5.44. The Morgan fingerprint density at radius 2 is 1.86 bits per heavy atom. The van der Waals surface area contributed by atoms with E-state index in [9.17, 15) is 4.39 Å². The van der Waals surface area contributed by atoms with Crippen molar-refractivity contribution in [3.8, 4) is 0 Å². The average molecular weight is 301 g/mol. The van der Waals surface area contributed by atoms with Crippen molar-refractivity contribution in [2.45, 2.75) is 6.04 Å². The molecule has 2 aromatic rings. The van der Waals surface area contributed by atoms with Crippen molar-refractivity contribution in [2.24, 2.45) is 0 Å². The normalized spacial score (nSPS) is 21.3. The number of hydrogen-bond acceptors (Lipinski definition) is 5. The van der Waals surface area contributed by atoms with Crippen molar-refractivity contribution in [3.63, 3.8) is 0 Å². The van der Waals surface area contributed by atoms with E-state index in [2.05, 4.69) is 31.7 Å². The number of benzene rings is 1. The molecular formula is C16H20FN5. The van der Waals surface area contributed by atoms with Gasteiger partial charge in [-0.1, -0.05) is 0 Å². The van der Waals surface area contributed by atoms with Gasteiger partial charge in [-0.25, -0.2) is 14.4 Å². The topological polar surface area (TPSA) is 35.5 Å². The first-order valence-corrected chi connectivity index (χ1v) is 7.78. The lowest BCUT2D eigenvalue weighted by atomic mass is 10.0. The van der Waals surface area contributed by atoms with Gasteiger partial charge >= 0.3 is 0 Å². The van der Waals surface area contributed by atoms with Crippen LogP contribution in [0, 0.1) is 5.82 Å². The summed E-state index contributed by atoms with van der Waals surface area (Å²) in [6, 6.07) is 5.34. The number of aromatic nitrogens is 2. The van der Waals surface area contributed by atoms with E-state index < -0.39 is 0 Å². The zero-order valence-electron chi connectivity index (χ0n) is 12.7. The fraction of sp³-hybridized carbons (Fsp3) is 0.500. The Balaban J connectivity index is 1.49. The number of fused-ring (bicyclic) bond motifs is 1. The van der Waals surface area contributed by atoms with Gasteiger partial charge in [0.1, 0.15) is 18.0 Å². The third-order valence-corrected chi connectivity index (χ3v) is 4.79. The fourth-order valence-electron chi connectivity index (χ4n) is 3.31. The van der Waals surface area contributed by atoms with Gasteiger partial charge in [-0.2, -0.15) is 0 Å². The summed E-state index contributed by atoms with van der Waals surface area (Å²) in [6.07, 6.45) is 1.53. The van der Waals surface area contributed by atoms with E-state index in [0.717, 1.165) is 50.5 Å². The minimum Gasteiger partial charge on any atom is -0.353 e. The van der Waals surface area contributed by atoms with Crippen LogP contribution in [0.4, 0.5) is 10.2 Å². The summed E-state index contributed by atoms with van der Waals surface area (Å²) in [4.78, 5) is 15.8. The van der Waals surface area contributed by atoms with Crippen LogP contribution in [0.3, 0.4) is 0 Å². The van der Waals surface area contributed by atoms with Crippen molar-refractivity contribution in [1.82, 2.24) is 19.8 Å². The Kier molecular flexibility index (Phi) is 3.43. The van der Waals surface area contributed by atoms with Gasteiger partial charge in [-0.05, 0) is 19.2 Å². The molecule has 5 nitrogen and oxygen atoms in total. The third kappa shape index (κ3) is 2.42. The highest BCUT2D eigenvalue weighted by Gasteiger charge is 2.34. The predicted molar refractivity (Wildman–Crippen MR) is 84.6 cm³/mol. The van der Waals surface area contributed by atoms with Gasteiger partial charge in [0.2, 0.25) is 0 Å². The number of rotatable bonds is 2. The van der Waals surface area contributed by atoms with E-state index in [1.54, 1.807) is 6.07 Å². The van der Waals surface area contributed by atoms with Gasteiger partial charge in [0.15, 0.2) is 0 Å². The highest BCUT2D eigenvalue weighted by molar-refractivity contribution is 5.89. The van der Waals surface area contributed by atoms with Crippen molar-refractivity contribution in [3.05, 3.63) is 30.3 Å². The summed E-state index contributed by atoms with van der Waals surface area (Å²) in [7, 11) is 2.18. The van der Waals surface area contributed by atoms with Crippen LogP contribution < -0.4 is 4.90 Å². The van der Waals surface area contributed by atoms with E-state index in [1.165, 1.54) is 18.5 Å². The maximum absolute atomic E-state index is 13.3. The van der Waals surface area contributed by atoms with Crippen LogP contribution in [0.15, 0.2) is 24.5 Å². The molecule has 2 aliphatic heterocycles. The lowest BCUT2D eigenvalue weighted by molar-refractivity contribution is 0.0962. The molecule has 0 N–H and O–H groups in total. The van der Waals surface area contributed by atoms with Crippen LogP contribution in [-0.4, -0.2) is 72.1 Å². The minimum atomic E-state index is -0.254. The maximum Gasteiger partial charge on any atom is 0.139 e. The van der Waals surface area contributed by atoms with Gasteiger partial charge in [0, 0.05) is 56.8 Å². The summed E-state index contributed by atoms with van der Waals surface area (Å²) >= 11 is 0. The molecule has 1 aromatic carbocycles. The molecule has 4 rings (SSSR count). The molecule has 3 heterocycles. The number of anilines is 1. The Morgan fingerprint density at radius 1 is 1.09 bits per heavy atom. The molecule has 0 aliphatic carbocycles. The van der Waals surface area contributed by atoms with Gasteiger partial charge in [-0.3, -0.25) is 4.90 Å². The molecule has 0 spiro atoms. The average Bonchev–Trinajstić information content (AvgIpc) is 2.47. The highest BCUT2D eigenvalue weighted by atomic mass is 19.1. The van der Waals surface area contributed by atoms with Crippen LogP contribution in [0.5, 0.6) is 0 Å². The molecule has 2 aliphatic rings. The van der Waals surface area contributed by atoms with Gasteiger partial charge in [-0.15, -0.1) is 0 Å². The third-order valence-electron chi connectivity index (χ3n) is 4.79. The Bertz CT molecular complexity index is 677. The second-order valence-electron chi connectivity index (χ2n) is 6.26. The molecular weight excluding hydrogens is 281 g/mol. The summed E-state index contributed by atoms with van der Waals surface area (Å²) in [6.45, 7) is 6.56. The molecule has 0 radical (unpaired) electrons. The standard InChI is InChI=1S/C16H20FN5/c1-20-4-6-21(7-5-20)13-9-22(10-13)16-14-3-2-12(17)8-15(14)18-11-19-16/h2-3,8,11,13H,4-7,9-10H2,1H3. The number of hydrogen-bond donors (Lipinski definition) is 0. The summed E-state index contributed by atoms with van der Waals surface area (Å²) < 4.78 is 13.3. The minimum absolute atomic E-state index is 0.254. The quantitative estimate of drug-likeness (QED) is 0.833. The first-order valence-electron chi connectivity index (χ1n) is 7.78. The van der Waals surface area contributed by atoms with Crippen LogP contribution in [0.25, 0.3) is 10.9 Å². The Morgan fingerprint density at radius 3 is 2.64 bits per heavy atom. The molecule has 0 bridgehead atoms. The van der Waals surface area contributed by atoms with E-state index in [1.807, 2.05) is 0 Å². The summed E-state index contributed by atoms with van der Waals surface area (Å²) in [5.41, 5.74) is 0.674. The smallest absolute Gasteiger partial charge is 0.139 e. The van der Waals surface area contributed by atoms with Crippen LogP contribution in [0.1, 0.15) is 0 Å². The Labute approximate surface area is 129 Å². The lowest BCUT2D eigenvalue weighted by Crippen LogP contribution is -2.63. The summed E-state index contributed by atoms with van der Waals surface area (Å²) in [5.74, 6) is 0.673. The van der Waals surface area contributed by atoms with Crippen LogP contribution in [0.2, 0.25) is 0 Å². The molecule has 0 amide bonds. The number of likely N-dealkylation sites (N-methyl/N-ethyl adjacent to an activating group) is 1. The van der Waals surface area contributed by atoms with Crippen molar-refractivity contribution in [2.75, 3.05) is 51.2 Å². The molecule has 1 aromatic heterocycles. The van der Waals surface area contributed by atoms with Gasteiger partial charge in [0.25, 0.3) is 0 Å². The second-order valence-corrected chi connectivity index (χ2v) is 6.26. The van der Waals surface area contributed by atoms with Crippen molar-refractivity contribution >= 4 is 16.7 Å². The molecule has 116 valence electrons. The van der Waals surface area contributed by atoms with E-state index in [0.29, 0.717) is 11.6 Å². The predicted octanol–water partition coefficient (Wildman–Crippen LogP) is 1.20. The van der Waals surface area contributed by atoms with Crippen LogP contribution >= 0.6 is 0 Å². The number of piperazine rings is 1.